The van der Waals surface area contributed by atoms with Crippen LogP contribution < -0.4 is 21.7 Å². The molecule has 0 saturated carbocycles. The number of nitrogens with one attached hydrogen (secondary N) is 1. The van der Waals surface area contributed by atoms with Gasteiger partial charge >= 0.3 is 0 Å². The first-order valence-electron chi connectivity index (χ1n) is 9.64. The van der Waals surface area contributed by atoms with Gasteiger partial charge in [-0.3, -0.25) is 19.3 Å². The standard InChI is InChI=1S/C20H25N5O4S/c1-11-5-7-13(8-6-11)25(12(2)19(27)23-10-14-4-3-9-29-14)20(28)17-15(21)16(18(22)26)24-30-17/h5-8,12,14H,3-4,9-10,21H2,1-2H3,(H2,22,26)(H,23,27)/t12-,14+/m0/s1. The molecule has 0 bridgehead atoms. The number of primary amides is 1. The Bertz CT molecular complexity index is 937. The first-order valence-corrected chi connectivity index (χ1v) is 10.4. The van der Waals surface area contributed by atoms with E-state index in [0.717, 1.165) is 29.9 Å². The maximum atomic E-state index is 13.4. The summed E-state index contributed by atoms with van der Waals surface area (Å²) in [6.45, 7) is 4.63. The lowest BCUT2D eigenvalue weighted by atomic mass is 10.1. The maximum absolute atomic E-state index is 13.4. The van der Waals surface area contributed by atoms with Gasteiger partial charge in [0.15, 0.2) is 5.69 Å². The summed E-state index contributed by atoms with van der Waals surface area (Å²) >= 11 is 0.783. The van der Waals surface area contributed by atoms with Crippen molar-refractivity contribution in [1.29, 1.82) is 0 Å². The van der Waals surface area contributed by atoms with Crippen LogP contribution in [0.25, 0.3) is 0 Å². The fourth-order valence-electron chi connectivity index (χ4n) is 3.25. The number of rotatable bonds is 7. The van der Waals surface area contributed by atoms with E-state index in [4.69, 9.17) is 16.2 Å². The molecule has 1 aromatic heterocycles. The highest BCUT2D eigenvalue weighted by molar-refractivity contribution is 7.09. The highest BCUT2D eigenvalue weighted by Gasteiger charge is 2.32. The Labute approximate surface area is 178 Å². The molecule has 1 aromatic carbocycles. The van der Waals surface area contributed by atoms with Gasteiger partial charge in [-0.2, -0.15) is 4.37 Å². The number of carbonyl (C=O) groups is 3. The second-order valence-electron chi connectivity index (χ2n) is 7.21. The van der Waals surface area contributed by atoms with E-state index in [1.54, 1.807) is 19.1 Å². The van der Waals surface area contributed by atoms with Crippen molar-refractivity contribution in [2.24, 2.45) is 5.73 Å². The van der Waals surface area contributed by atoms with Gasteiger partial charge in [0.1, 0.15) is 10.9 Å². The van der Waals surface area contributed by atoms with Crippen molar-refractivity contribution in [1.82, 2.24) is 9.69 Å². The topological polar surface area (TPSA) is 141 Å². The number of anilines is 2. The molecule has 0 radical (unpaired) electrons. The summed E-state index contributed by atoms with van der Waals surface area (Å²) in [5.74, 6) is -1.66. The molecular weight excluding hydrogens is 406 g/mol. The van der Waals surface area contributed by atoms with E-state index in [1.807, 2.05) is 19.1 Å². The number of amides is 3. The second-order valence-corrected chi connectivity index (χ2v) is 7.98. The number of carbonyl (C=O) groups excluding carboxylic acids is 3. The number of hydrogen-bond acceptors (Lipinski definition) is 7. The van der Waals surface area contributed by atoms with Crippen LogP contribution in [0.15, 0.2) is 24.3 Å². The molecule has 3 amide bonds. The van der Waals surface area contributed by atoms with Crippen LogP contribution in [-0.4, -0.2) is 47.4 Å². The van der Waals surface area contributed by atoms with Crippen molar-refractivity contribution in [3.8, 4) is 0 Å². The summed E-state index contributed by atoms with van der Waals surface area (Å²) in [5, 5.41) is 2.85. The smallest absolute Gasteiger partial charge is 0.272 e. The number of ether oxygens (including phenoxy) is 1. The first kappa shape index (κ1) is 21.7. The average Bonchev–Trinajstić information content (AvgIpc) is 3.37. The lowest BCUT2D eigenvalue weighted by molar-refractivity contribution is -0.122. The highest BCUT2D eigenvalue weighted by Crippen LogP contribution is 2.27. The van der Waals surface area contributed by atoms with Crippen LogP contribution in [0, 0.1) is 6.92 Å². The summed E-state index contributed by atoms with van der Waals surface area (Å²) in [4.78, 5) is 39.1. The number of hydrogen-bond donors (Lipinski definition) is 3. The van der Waals surface area contributed by atoms with E-state index in [9.17, 15) is 14.4 Å². The minimum atomic E-state index is -0.833. The fourth-order valence-corrected chi connectivity index (χ4v) is 3.99. The zero-order valence-electron chi connectivity index (χ0n) is 16.9. The molecule has 0 unspecified atom stereocenters. The molecule has 2 heterocycles. The number of benzene rings is 1. The predicted octanol–water partition coefficient (Wildman–Crippen LogP) is 1.46. The van der Waals surface area contributed by atoms with Crippen molar-refractivity contribution < 1.29 is 19.1 Å². The third-order valence-corrected chi connectivity index (χ3v) is 5.83. The summed E-state index contributed by atoms with van der Waals surface area (Å²) in [5.41, 5.74) is 12.5. The van der Waals surface area contributed by atoms with Gasteiger partial charge in [-0.15, -0.1) is 0 Å². The molecule has 5 N–H and O–H groups in total. The Morgan fingerprint density at radius 3 is 2.60 bits per heavy atom. The SMILES string of the molecule is Cc1ccc(N(C(=O)c2snc(C(N)=O)c2N)[C@@H](C)C(=O)NC[C@H]2CCCO2)cc1. The first-order chi connectivity index (χ1) is 14.3. The van der Waals surface area contributed by atoms with Gasteiger partial charge < -0.3 is 21.5 Å². The monoisotopic (exact) mass is 431 g/mol. The van der Waals surface area contributed by atoms with Crippen LogP contribution in [0.2, 0.25) is 0 Å². The zero-order valence-corrected chi connectivity index (χ0v) is 17.7. The van der Waals surface area contributed by atoms with Crippen molar-refractivity contribution in [2.75, 3.05) is 23.8 Å². The number of nitrogen functional groups attached to an aromatic ring is 1. The average molecular weight is 432 g/mol. The molecule has 10 heteroatoms. The third kappa shape index (κ3) is 4.60. The second kappa shape index (κ2) is 9.23. The molecule has 1 saturated heterocycles. The van der Waals surface area contributed by atoms with Gasteiger partial charge in [0, 0.05) is 18.8 Å². The van der Waals surface area contributed by atoms with Crippen LogP contribution in [0.3, 0.4) is 0 Å². The Hall–Kier alpha value is -2.98. The Morgan fingerprint density at radius 2 is 2.03 bits per heavy atom. The molecule has 30 heavy (non-hydrogen) atoms. The fraction of sp³-hybridized carbons (Fsp3) is 0.400. The van der Waals surface area contributed by atoms with Gasteiger partial charge in [0.2, 0.25) is 5.91 Å². The van der Waals surface area contributed by atoms with Gasteiger partial charge in [0.05, 0.1) is 11.8 Å². The van der Waals surface area contributed by atoms with Crippen molar-refractivity contribution >= 4 is 40.6 Å². The van der Waals surface area contributed by atoms with E-state index in [-0.39, 0.29) is 28.3 Å². The largest absolute Gasteiger partial charge is 0.395 e. The highest BCUT2D eigenvalue weighted by atomic mass is 32.1. The number of aryl methyl sites for hydroxylation is 1. The summed E-state index contributed by atoms with van der Waals surface area (Å²) in [6.07, 6.45) is 1.85. The number of nitrogens with two attached hydrogens (primary N) is 2. The number of nitrogens with zero attached hydrogens (tertiary/aromatic N) is 2. The molecule has 2 aromatic rings. The predicted molar refractivity (Wildman–Crippen MR) is 114 cm³/mol. The van der Waals surface area contributed by atoms with Crippen LogP contribution in [-0.2, 0) is 9.53 Å². The lowest BCUT2D eigenvalue weighted by Crippen LogP contribution is -2.49. The lowest BCUT2D eigenvalue weighted by Gasteiger charge is -2.28. The zero-order chi connectivity index (χ0) is 21.8. The van der Waals surface area contributed by atoms with Gasteiger partial charge in [0.25, 0.3) is 11.8 Å². The molecule has 1 aliphatic rings. The van der Waals surface area contributed by atoms with E-state index in [2.05, 4.69) is 9.69 Å². The maximum Gasteiger partial charge on any atom is 0.272 e. The molecular formula is C20H25N5O4S. The number of aromatic nitrogens is 1. The van der Waals surface area contributed by atoms with Crippen LogP contribution in [0.4, 0.5) is 11.4 Å². The minimum absolute atomic E-state index is 0.0139. The van der Waals surface area contributed by atoms with E-state index < -0.39 is 17.9 Å². The normalized spacial score (nSPS) is 16.8. The quantitative estimate of drug-likeness (QED) is 0.606. The molecule has 2 atom stereocenters. The van der Waals surface area contributed by atoms with Crippen LogP contribution >= 0.6 is 11.5 Å². The van der Waals surface area contributed by atoms with E-state index >= 15 is 0 Å². The molecule has 0 aliphatic carbocycles. The molecule has 160 valence electrons. The van der Waals surface area contributed by atoms with E-state index in [1.165, 1.54) is 4.90 Å². The van der Waals surface area contributed by atoms with Gasteiger partial charge in [-0.25, -0.2) is 0 Å². The Balaban J connectivity index is 1.88. The summed E-state index contributed by atoms with van der Waals surface area (Å²) < 4.78 is 9.43. The third-order valence-electron chi connectivity index (χ3n) is 4.98. The Morgan fingerprint density at radius 1 is 1.33 bits per heavy atom. The molecule has 0 spiro atoms. The van der Waals surface area contributed by atoms with E-state index in [0.29, 0.717) is 18.8 Å². The summed E-state index contributed by atoms with van der Waals surface area (Å²) in [7, 11) is 0. The molecule has 3 rings (SSSR count). The Kier molecular flexibility index (Phi) is 6.68. The van der Waals surface area contributed by atoms with Crippen molar-refractivity contribution in [3.63, 3.8) is 0 Å². The van der Waals surface area contributed by atoms with Crippen LogP contribution in [0.1, 0.15) is 45.5 Å². The van der Waals surface area contributed by atoms with Crippen LogP contribution in [0.5, 0.6) is 0 Å². The molecule has 1 fully saturated rings. The van der Waals surface area contributed by atoms with Gasteiger partial charge in [-0.05, 0) is 50.4 Å². The molecule has 9 nitrogen and oxygen atoms in total. The minimum Gasteiger partial charge on any atom is -0.395 e. The van der Waals surface area contributed by atoms with Crippen molar-refractivity contribution in [2.45, 2.75) is 38.8 Å². The summed E-state index contributed by atoms with van der Waals surface area (Å²) in [6, 6.07) is 6.36. The van der Waals surface area contributed by atoms with Crippen molar-refractivity contribution in [3.05, 3.63) is 40.4 Å². The van der Waals surface area contributed by atoms with Gasteiger partial charge in [-0.1, -0.05) is 17.7 Å². The molecule has 1 aliphatic heterocycles.